The van der Waals surface area contributed by atoms with Crippen LogP contribution in [-0.4, -0.2) is 17.4 Å². The Balaban J connectivity index is 2.67. The molecule has 0 saturated carbocycles. The number of aryl methyl sites for hydroxylation is 1. The Morgan fingerprint density at radius 1 is 1.53 bits per heavy atom. The Morgan fingerprint density at radius 2 is 2.18 bits per heavy atom. The Bertz CT molecular complexity index is 428. The summed E-state index contributed by atoms with van der Waals surface area (Å²) in [7, 11) is 0. The summed E-state index contributed by atoms with van der Waals surface area (Å²) in [6.45, 7) is 4.19. The van der Waals surface area contributed by atoms with Crippen molar-refractivity contribution in [1.82, 2.24) is 5.32 Å². The van der Waals surface area contributed by atoms with Crippen molar-refractivity contribution >= 4 is 34.7 Å². The van der Waals surface area contributed by atoms with Gasteiger partial charge in [0.05, 0.1) is 4.99 Å². The Morgan fingerprint density at radius 3 is 2.71 bits per heavy atom. The van der Waals surface area contributed by atoms with Gasteiger partial charge in [0.25, 0.3) is 5.91 Å². The highest BCUT2D eigenvalue weighted by atomic mass is 35.5. The van der Waals surface area contributed by atoms with Gasteiger partial charge in [0.15, 0.2) is 0 Å². The number of thiocarbonyl (C=S) groups is 1. The number of hydrogen-bond donors (Lipinski definition) is 2. The normalized spacial score (nSPS) is 11.9. The highest BCUT2D eigenvalue weighted by Crippen LogP contribution is 2.14. The van der Waals surface area contributed by atoms with Crippen molar-refractivity contribution in [3.63, 3.8) is 0 Å². The monoisotopic (exact) mass is 270 g/mol. The quantitative estimate of drug-likeness (QED) is 0.826. The number of amides is 1. The lowest BCUT2D eigenvalue weighted by molar-refractivity contribution is 0.0951. The molecule has 0 saturated heterocycles. The van der Waals surface area contributed by atoms with Crippen LogP contribution in [0.5, 0.6) is 0 Å². The van der Waals surface area contributed by atoms with Crippen LogP contribution in [-0.2, 0) is 0 Å². The van der Waals surface area contributed by atoms with E-state index in [0.29, 0.717) is 22.1 Å². The van der Waals surface area contributed by atoms with Gasteiger partial charge in [-0.15, -0.1) is 0 Å². The summed E-state index contributed by atoms with van der Waals surface area (Å²) in [5.41, 5.74) is 6.96. The molecule has 1 rings (SSSR count). The zero-order valence-electron chi connectivity index (χ0n) is 9.79. The SMILES string of the molecule is Cc1cc(Cl)cc(C(=O)NCC(C)C(N)=S)c1. The molecule has 0 aliphatic heterocycles. The van der Waals surface area contributed by atoms with E-state index >= 15 is 0 Å². The molecule has 92 valence electrons. The maximum absolute atomic E-state index is 11.8. The summed E-state index contributed by atoms with van der Waals surface area (Å²) in [4.78, 5) is 12.2. The van der Waals surface area contributed by atoms with Crippen molar-refractivity contribution in [2.24, 2.45) is 11.7 Å². The lowest BCUT2D eigenvalue weighted by atomic mass is 10.1. The topological polar surface area (TPSA) is 55.1 Å². The summed E-state index contributed by atoms with van der Waals surface area (Å²) in [5, 5.41) is 3.32. The summed E-state index contributed by atoms with van der Waals surface area (Å²) in [5.74, 6) is -0.187. The average Bonchev–Trinajstić information content (AvgIpc) is 2.23. The fraction of sp³-hybridized carbons (Fsp3) is 0.333. The number of nitrogens with one attached hydrogen (secondary N) is 1. The van der Waals surface area contributed by atoms with E-state index in [4.69, 9.17) is 29.6 Å². The second-order valence-corrected chi connectivity index (χ2v) is 4.94. The van der Waals surface area contributed by atoms with E-state index in [1.807, 2.05) is 13.8 Å². The zero-order chi connectivity index (χ0) is 13.0. The molecule has 1 unspecified atom stereocenters. The number of halogens is 1. The smallest absolute Gasteiger partial charge is 0.251 e. The van der Waals surface area contributed by atoms with Crippen molar-refractivity contribution in [3.05, 3.63) is 34.3 Å². The lowest BCUT2D eigenvalue weighted by Gasteiger charge is -2.11. The molecule has 1 aromatic carbocycles. The number of carbonyl (C=O) groups is 1. The molecule has 0 aliphatic carbocycles. The molecular formula is C12H15ClN2OS. The van der Waals surface area contributed by atoms with Crippen molar-refractivity contribution in [3.8, 4) is 0 Å². The standard InChI is InChI=1S/C12H15ClN2OS/c1-7-3-9(5-10(13)4-7)12(16)15-6-8(2)11(14)17/h3-5,8H,6H2,1-2H3,(H2,14,17)(H,15,16). The van der Waals surface area contributed by atoms with Gasteiger partial charge in [0.2, 0.25) is 0 Å². The van der Waals surface area contributed by atoms with E-state index in [1.54, 1.807) is 18.2 Å². The summed E-state index contributed by atoms with van der Waals surface area (Å²) < 4.78 is 0. The minimum absolute atomic E-state index is 0.0192. The van der Waals surface area contributed by atoms with Gasteiger partial charge >= 0.3 is 0 Å². The third kappa shape index (κ3) is 4.32. The highest BCUT2D eigenvalue weighted by Gasteiger charge is 2.10. The van der Waals surface area contributed by atoms with Crippen LogP contribution < -0.4 is 11.1 Å². The van der Waals surface area contributed by atoms with Gasteiger partial charge < -0.3 is 11.1 Å². The minimum atomic E-state index is -0.168. The molecule has 0 heterocycles. The van der Waals surface area contributed by atoms with Crippen LogP contribution in [0.15, 0.2) is 18.2 Å². The fourth-order valence-corrected chi connectivity index (χ4v) is 1.69. The van der Waals surface area contributed by atoms with Crippen molar-refractivity contribution in [2.45, 2.75) is 13.8 Å². The lowest BCUT2D eigenvalue weighted by Crippen LogP contribution is -2.33. The summed E-state index contributed by atoms with van der Waals surface area (Å²) in [6.07, 6.45) is 0. The molecule has 0 fully saturated rings. The molecule has 5 heteroatoms. The molecule has 0 bridgehead atoms. The van der Waals surface area contributed by atoms with Gasteiger partial charge in [-0.2, -0.15) is 0 Å². The molecule has 3 nitrogen and oxygen atoms in total. The van der Waals surface area contributed by atoms with Crippen LogP contribution >= 0.6 is 23.8 Å². The van der Waals surface area contributed by atoms with Gasteiger partial charge in [0.1, 0.15) is 0 Å². The average molecular weight is 271 g/mol. The Hall–Kier alpha value is -1.13. The molecule has 17 heavy (non-hydrogen) atoms. The maximum Gasteiger partial charge on any atom is 0.251 e. The van der Waals surface area contributed by atoms with Gasteiger partial charge in [-0.3, -0.25) is 4.79 Å². The van der Waals surface area contributed by atoms with Gasteiger partial charge in [0, 0.05) is 23.0 Å². The molecule has 1 atom stereocenters. The van der Waals surface area contributed by atoms with Crippen molar-refractivity contribution in [1.29, 1.82) is 0 Å². The molecule has 3 N–H and O–H groups in total. The van der Waals surface area contributed by atoms with Gasteiger partial charge in [-0.1, -0.05) is 30.7 Å². The van der Waals surface area contributed by atoms with E-state index < -0.39 is 0 Å². The molecule has 0 radical (unpaired) electrons. The van der Waals surface area contributed by atoms with E-state index in [-0.39, 0.29) is 11.8 Å². The molecule has 1 aromatic rings. The first kappa shape index (κ1) is 13.9. The van der Waals surface area contributed by atoms with Crippen LogP contribution in [0.3, 0.4) is 0 Å². The first-order valence-corrected chi connectivity index (χ1v) is 6.03. The second-order valence-electron chi connectivity index (χ2n) is 4.03. The molecule has 1 amide bonds. The number of hydrogen-bond acceptors (Lipinski definition) is 2. The van der Waals surface area contributed by atoms with E-state index in [2.05, 4.69) is 5.32 Å². The largest absolute Gasteiger partial charge is 0.393 e. The van der Waals surface area contributed by atoms with Crippen LogP contribution in [0.4, 0.5) is 0 Å². The van der Waals surface area contributed by atoms with Crippen LogP contribution in [0.25, 0.3) is 0 Å². The predicted octanol–water partition coefficient (Wildman–Crippen LogP) is 2.30. The van der Waals surface area contributed by atoms with E-state index in [9.17, 15) is 4.79 Å². The van der Waals surface area contributed by atoms with Crippen LogP contribution in [0, 0.1) is 12.8 Å². The predicted molar refractivity (Wildman–Crippen MR) is 74.5 cm³/mol. The number of nitrogens with two attached hydrogens (primary N) is 1. The highest BCUT2D eigenvalue weighted by molar-refractivity contribution is 7.80. The van der Waals surface area contributed by atoms with Crippen LogP contribution in [0.2, 0.25) is 5.02 Å². The summed E-state index contributed by atoms with van der Waals surface area (Å²) >= 11 is 10.7. The molecule has 0 spiro atoms. The fourth-order valence-electron chi connectivity index (χ4n) is 1.32. The van der Waals surface area contributed by atoms with Crippen molar-refractivity contribution < 1.29 is 4.79 Å². The zero-order valence-corrected chi connectivity index (χ0v) is 11.4. The van der Waals surface area contributed by atoms with Gasteiger partial charge in [-0.05, 0) is 30.7 Å². The van der Waals surface area contributed by atoms with Crippen molar-refractivity contribution in [2.75, 3.05) is 6.54 Å². The number of benzene rings is 1. The van der Waals surface area contributed by atoms with E-state index in [1.165, 1.54) is 0 Å². The third-order valence-electron chi connectivity index (χ3n) is 2.36. The van der Waals surface area contributed by atoms with Gasteiger partial charge in [-0.25, -0.2) is 0 Å². The molecule has 0 aliphatic rings. The Kier molecular flexibility index (Phi) is 4.90. The molecular weight excluding hydrogens is 256 g/mol. The first-order valence-electron chi connectivity index (χ1n) is 5.25. The first-order chi connectivity index (χ1) is 7.90. The second kappa shape index (κ2) is 5.98. The van der Waals surface area contributed by atoms with E-state index in [0.717, 1.165) is 5.56 Å². The molecule has 0 aromatic heterocycles. The number of carbonyl (C=O) groups excluding carboxylic acids is 1. The Labute approximate surface area is 111 Å². The number of rotatable bonds is 4. The van der Waals surface area contributed by atoms with Crippen LogP contribution in [0.1, 0.15) is 22.8 Å². The summed E-state index contributed by atoms with van der Waals surface area (Å²) in [6, 6.07) is 5.22. The third-order valence-corrected chi connectivity index (χ3v) is 2.98. The minimum Gasteiger partial charge on any atom is -0.393 e. The maximum atomic E-state index is 11.8.